The molecule has 0 amide bonds. The summed E-state index contributed by atoms with van der Waals surface area (Å²) in [6.07, 6.45) is 2.54. The summed E-state index contributed by atoms with van der Waals surface area (Å²) in [4.78, 5) is 0. The molecular formula is C11H13BrClN. The minimum atomic E-state index is -0.408. The Bertz CT molecular complexity index is 327. The molecule has 0 heterocycles. The van der Waals surface area contributed by atoms with Gasteiger partial charge in [0.15, 0.2) is 0 Å². The van der Waals surface area contributed by atoms with Crippen molar-refractivity contribution >= 4 is 27.5 Å². The first kappa shape index (κ1) is 11.8. The molecule has 0 spiro atoms. The SMILES string of the molecule is C=CC[C@@](C)(N)c1cc(Cl)cc(Br)c1. The maximum Gasteiger partial charge on any atom is 0.0420 e. The van der Waals surface area contributed by atoms with E-state index in [1.807, 2.05) is 31.2 Å². The highest BCUT2D eigenvalue weighted by atomic mass is 79.9. The molecular weight excluding hydrogens is 261 g/mol. The predicted molar refractivity (Wildman–Crippen MR) is 65.5 cm³/mol. The molecule has 1 rings (SSSR count). The van der Waals surface area contributed by atoms with E-state index in [-0.39, 0.29) is 0 Å². The van der Waals surface area contributed by atoms with Crippen molar-refractivity contribution in [2.75, 3.05) is 0 Å². The molecule has 1 nitrogen and oxygen atoms in total. The largest absolute Gasteiger partial charge is 0.321 e. The van der Waals surface area contributed by atoms with Gasteiger partial charge in [0.05, 0.1) is 0 Å². The zero-order valence-electron chi connectivity index (χ0n) is 8.06. The summed E-state index contributed by atoms with van der Waals surface area (Å²) in [5.74, 6) is 0. The molecule has 3 heteroatoms. The summed E-state index contributed by atoms with van der Waals surface area (Å²) in [5, 5.41) is 0.690. The van der Waals surface area contributed by atoms with Gasteiger partial charge in [0.25, 0.3) is 0 Å². The van der Waals surface area contributed by atoms with Crippen LogP contribution in [0.5, 0.6) is 0 Å². The monoisotopic (exact) mass is 273 g/mol. The van der Waals surface area contributed by atoms with Crippen LogP contribution in [0.1, 0.15) is 18.9 Å². The third-order valence-electron chi connectivity index (χ3n) is 2.09. The van der Waals surface area contributed by atoms with Gasteiger partial charge in [-0.2, -0.15) is 0 Å². The molecule has 0 radical (unpaired) electrons. The van der Waals surface area contributed by atoms with Crippen LogP contribution in [0, 0.1) is 0 Å². The molecule has 14 heavy (non-hydrogen) atoms. The van der Waals surface area contributed by atoms with Crippen molar-refractivity contribution in [1.29, 1.82) is 0 Å². The van der Waals surface area contributed by atoms with Crippen molar-refractivity contribution in [2.45, 2.75) is 18.9 Å². The quantitative estimate of drug-likeness (QED) is 0.833. The molecule has 0 aromatic heterocycles. The Kier molecular flexibility index (Phi) is 3.76. The van der Waals surface area contributed by atoms with Crippen LogP contribution in [0.25, 0.3) is 0 Å². The Morgan fingerprint density at radius 2 is 2.21 bits per heavy atom. The Morgan fingerprint density at radius 1 is 1.57 bits per heavy atom. The smallest absolute Gasteiger partial charge is 0.0420 e. The number of hydrogen-bond acceptors (Lipinski definition) is 1. The minimum absolute atomic E-state index is 0.408. The molecule has 0 saturated heterocycles. The maximum absolute atomic E-state index is 6.14. The van der Waals surface area contributed by atoms with E-state index in [1.165, 1.54) is 0 Å². The fourth-order valence-corrected chi connectivity index (χ4v) is 2.16. The number of benzene rings is 1. The van der Waals surface area contributed by atoms with Crippen molar-refractivity contribution in [3.63, 3.8) is 0 Å². The molecule has 0 aliphatic rings. The first-order valence-corrected chi connectivity index (χ1v) is 5.49. The second-order valence-corrected chi connectivity index (χ2v) is 4.92. The lowest BCUT2D eigenvalue weighted by atomic mass is 9.90. The van der Waals surface area contributed by atoms with Crippen LogP contribution in [-0.2, 0) is 5.54 Å². The van der Waals surface area contributed by atoms with Crippen LogP contribution in [0.4, 0.5) is 0 Å². The lowest BCUT2D eigenvalue weighted by Gasteiger charge is -2.24. The van der Waals surface area contributed by atoms with Gasteiger partial charge in [-0.05, 0) is 37.1 Å². The lowest BCUT2D eigenvalue weighted by Crippen LogP contribution is -2.32. The molecule has 1 aromatic carbocycles. The molecule has 0 fully saturated rings. The second kappa shape index (κ2) is 4.47. The van der Waals surface area contributed by atoms with Gasteiger partial charge in [-0.3, -0.25) is 0 Å². The van der Waals surface area contributed by atoms with Crippen molar-refractivity contribution in [3.8, 4) is 0 Å². The molecule has 76 valence electrons. The summed E-state index contributed by atoms with van der Waals surface area (Å²) >= 11 is 9.34. The molecule has 0 aliphatic heterocycles. The van der Waals surface area contributed by atoms with E-state index < -0.39 is 5.54 Å². The third kappa shape index (κ3) is 2.84. The Labute approximate surface area is 98.1 Å². The van der Waals surface area contributed by atoms with Gasteiger partial charge >= 0.3 is 0 Å². The average molecular weight is 275 g/mol. The van der Waals surface area contributed by atoms with Gasteiger partial charge < -0.3 is 5.73 Å². The summed E-state index contributed by atoms with van der Waals surface area (Å²) in [7, 11) is 0. The summed E-state index contributed by atoms with van der Waals surface area (Å²) in [6, 6.07) is 5.71. The molecule has 2 N–H and O–H groups in total. The third-order valence-corrected chi connectivity index (χ3v) is 2.77. The number of nitrogens with two attached hydrogens (primary N) is 1. The molecule has 0 aliphatic carbocycles. The Hall–Kier alpha value is -0.310. The molecule has 0 unspecified atom stereocenters. The molecule has 0 saturated carbocycles. The number of hydrogen-bond donors (Lipinski definition) is 1. The van der Waals surface area contributed by atoms with Crippen LogP contribution in [0.3, 0.4) is 0 Å². The van der Waals surface area contributed by atoms with Crippen LogP contribution in [0.2, 0.25) is 5.02 Å². The number of halogens is 2. The highest BCUT2D eigenvalue weighted by Crippen LogP contribution is 2.28. The topological polar surface area (TPSA) is 26.0 Å². The summed E-state index contributed by atoms with van der Waals surface area (Å²) < 4.78 is 0.945. The van der Waals surface area contributed by atoms with Crippen molar-refractivity contribution < 1.29 is 0 Å². The van der Waals surface area contributed by atoms with Crippen LogP contribution < -0.4 is 5.73 Å². The lowest BCUT2D eigenvalue weighted by molar-refractivity contribution is 0.502. The average Bonchev–Trinajstić information content (AvgIpc) is 2.02. The normalized spacial score (nSPS) is 14.9. The minimum Gasteiger partial charge on any atom is -0.321 e. The standard InChI is InChI=1S/C11H13BrClN/c1-3-4-11(2,14)8-5-9(12)7-10(13)6-8/h3,5-7H,1,4,14H2,2H3/t11-/m1/s1. The number of rotatable bonds is 3. The second-order valence-electron chi connectivity index (χ2n) is 3.57. The van der Waals surface area contributed by atoms with E-state index in [0.717, 1.165) is 16.5 Å². The molecule has 1 atom stereocenters. The van der Waals surface area contributed by atoms with E-state index in [1.54, 1.807) is 0 Å². The van der Waals surface area contributed by atoms with Gasteiger partial charge in [0, 0.05) is 15.0 Å². The van der Waals surface area contributed by atoms with E-state index >= 15 is 0 Å². The predicted octanol–water partition coefficient (Wildman–Crippen LogP) is 3.85. The summed E-state index contributed by atoms with van der Waals surface area (Å²) in [5.41, 5.74) is 6.74. The Morgan fingerprint density at radius 3 is 2.71 bits per heavy atom. The van der Waals surface area contributed by atoms with Crippen LogP contribution in [0.15, 0.2) is 35.3 Å². The highest BCUT2D eigenvalue weighted by Gasteiger charge is 2.19. The summed E-state index contributed by atoms with van der Waals surface area (Å²) in [6.45, 7) is 5.66. The van der Waals surface area contributed by atoms with Gasteiger partial charge in [-0.1, -0.05) is 33.6 Å². The van der Waals surface area contributed by atoms with Crippen molar-refractivity contribution in [3.05, 3.63) is 45.9 Å². The van der Waals surface area contributed by atoms with Crippen molar-refractivity contribution in [2.24, 2.45) is 5.73 Å². The van der Waals surface area contributed by atoms with E-state index in [2.05, 4.69) is 22.5 Å². The van der Waals surface area contributed by atoms with E-state index in [4.69, 9.17) is 17.3 Å². The highest BCUT2D eigenvalue weighted by molar-refractivity contribution is 9.10. The van der Waals surface area contributed by atoms with E-state index in [0.29, 0.717) is 5.02 Å². The van der Waals surface area contributed by atoms with Crippen molar-refractivity contribution in [1.82, 2.24) is 0 Å². The fourth-order valence-electron chi connectivity index (χ4n) is 1.30. The van der Waals surface area contributed by atoms with Gasteiger partial charge in [-0.25, -0.2) is 0 Å². The molecule has 0 bridgehead atoms. The van der Waals surface area contributed by atoms with Gasteiger partial charge in [-0.15, -0.1) is 6.58 Å². The fraction of sp³-hybridized carbons (Fsp3) is 0.273. The zero-order chi connectivity index (χ0) is 10.8. The van der Waals surface area contributed by atoms with E-state index in [9.17, 15) is 0 Å². The molecule has 1 aromatic rings. The Balaban J connectivity index is 3.11. The van der Waals surface area contributed by atoms with Crippen LogP contribution >= 0.6 is 27.5 Å². The zero-order valence-corrected chi connectivity index (χ0v) is 10.4. The first-order chi connectivity index (χ1) is 6.45. The van der Waals surface area contributed by atoms with Crippen LogP contribution in [-0.4, -0.2) is 0 Å². The van der Waals surface area contributed by atoms with Gasteiger partial charge in [0.2, 0.25) is 0 Å². The maximum atomic E-state index is 6.14. The first-order valence-electron chi connectivity index (χ1n) is 4.32. The van der Waals surface area contributed by atoms with Gasteiger partial charge in [0.1, 0.15) is 0 Å².